The van der Waals surface area contributed by atoms with E-state index in [0.717, 1.165) is 19.3 Å². The van der Waals surface area contributed by atoms with E-state index in [-0.39, 0.29) is 6.61 Å². The van der Waals surface area contributed by atoms with Gasteiger partial charge >= 0.3 is 7.82 Å². The molecule has 0 saturated heterocycles. The van der Waals surface area contributed by atoms with Crippen LogP contribution in [0.5, 0.6) is 0 Å². The lowest BCUT2D eigenvalue weighted by Crippen LogP contribution is -2.19. The average Bonchev–Trinajstić information content (AvgIpc) is 2.60. The van der Waals surface area contributed by atoms with E-state index in [1.165, 1.54) is 70.6 Å². The van der Waals surface area contributed by atoms with Crippen LogP contribution in [0.1, 0.15) is 118 Å². The van der Waals surface area contributed by atoms with Crippen LogP contribution >= 0.6 is 7.82 Å². The Morgan fingerprint density at radius 1 is 0.714 bits per heavy atom. The van der Waals surface area contributed by atoms with Crippen LogP contribution in [0.15, 0.2) is 0 Å². The topological polar surface area (TPSA) is 83.5 Å². The van der Waals surface area contributed by atoms with Gasteiger partial charge < -0.3 is 0 Å². The van der Waals surface area contributed by atoms with Crippen molar-refractivity contribution in [1.29, 1.82) is 0 Å². The van der Waals surface area contributed by atoms with E-state index >= 15 is 0 Å². The van der Waals surface area contributed by atoms with Gasteiger partial charge in [-0.2, -0.15) is 4.89 Å². The summed E-state index contributed by atoms with van der Waals surface area (Å²) in [6.45, 7) is 7.58. The lowest BCUT2D eigenvalue weighted by atomic mass is 10.0. The van der Waals surface area contributed by atoms with Crippen LogP contribution in [0.2, 0.25) is 0 Å². The molecule has 1 N–H and O–H groups in total. The van der Waals surface area contributed by atoms with Crippen LogP contribution in [0.3, 0.4) is 0 Å². The first-order valence-corrected chi connectivity index (χ1v) is 12.4. The maximum Gasteiger partial charge on any atom is 0.529 e. The van der Waals surface area contributed by atoms with E-state index in [1.807, 2.05) is 0 Å². The van der Waals surface area contributed by atoms with Crippen molar-refractivity contribution in [2.75, 3.05) is 6.61 Å². The number of rotatable bonds is 20. The van der Waals surface area contributed by atoms with Crippen LogP contribution in [-0.4, -0.2) is 17.1 Å². The van der Waals surface area contributed by atoms with Crippen LogP contribution in [0.4, 0.5) is 0 Å². The first-order chi connectivity index (χ1) is 13.3. The molecule has 0 aromatic heterocycles. The van der Waals surface area contributed by atoms with Gasteiger partial charge in [0.1, 0.15) is 0 Å². The van der Waals surface area contributed by atoms with Crippen LogP contribution in [0.25, 0.3) is 0 Å². The summed E-state index contributed by atoms with van der Waals surface area (Å²) in [7, 11) is -4.44. The number of hydrogen-bond acceptors (Lipinski definition) is 6. The highest BCUT2D eigenvalue weighted by molar-refractivity contribution is 7.47. The minimum absolute atomic E-state index is 0.228. The number of unbranched alkanes of at least 4 members (excludes halogenated alkanes) is 13. The molecule has 0 fully saturated rings. The molecule has 8 heteroatoms. The molecule has 0 spiro atoms. The molecule has 0 amide bonds. The smallest absolute Gasteiger partial charge is 0.299 e. The third-order valence-electron chi connectivity index (χ3n) is 4.14. The Morgan fingerprint density at radius 2 is 1.14 bits per heavy atom. The molecule has 1 atom stereocenters. The van der Waals surface area contributed by atoms with Gasteiger partial charge in [-0.1, -0.05) is 100 Å². The SMILES string of the molecule is CCCCCCCCCCCCCCCCOOP(=O)(O)OOOC(C)(C)C. The van der Waals surface area contributed by atoms with Gasteiger partial charge in [-0.3, -0.25) is 4.89 Å². The molecule has 0 radical (unpaired) electrons. The fourth-order valence-electron chi connectivity index (χ4n) is 2.63. The number of hydrogen-bond donors (Lipinski definition) is 1. The first kappa shape index (κ1) is 28.0. The fourth-order valence-corrected chi connectivity index (χ4v) is 2.97. The van der Waals surface area contributed by atoms with Crippen LogP contribution in [0, 0.1) is 0 Å². The van der Waals surface area contributed by atoms with Gasteiger partial charge in [-0.05, 0) is 27.2 Å². The van der Waals surface area contributed by atoms with E-state index in [1.54, 1.807) is 20.8 Å². The van der Waals surface area contributed by atoms with E-state index < -0.39 is 13.4 Å². The van der Waals surface area contributed by atoms with Crippen molar-refractivity contribution in [3.05, 3.63) is 0 Å². The molecular weight excluding hydrogens is 383 g/mol. The molecule has 1 unspecified atom stereocenters. The molecule has 0 saturated carbocycles. The molecule has 0 aliphatic rings. The summed E-state index contributed by atoms with van der Waals surface area (Å²) in [5, 5.41) is 4.22. The monoisotopic (exact) mass is 426 g/mol. The molecular formula is C20H43O7P. The molecule has 0 aliphatic carbocycles. The Bertz CT molecular complexity index is 385. The summed E-state index contributed by atoms with van der Waals surface area (Å²) < 4.78 is 19.9. The number of phosphoric acid groups is 1. The zero-order valence-electron chi connectivity index (χ0n) is 18.5. The van der Waals surface area contributed by atoms with Crippen LogP contribution < -0.4 is 0 Å². The second-order valence-corrected chi connectivity index (χ2v) is 9.53. The molecule has 0 aliphatic heterocycles. The normalized spacial score (nSPS) is 14.3. The van der Waals surface area contributed by atoms with Crippen molar-refractivity contribution in [1.82, 2.24) is 0 Å². The van der Waals surface area contributed by atoms with Gasteiger partial charge in [0.05, 0.1) is 12.2 Å². The predicted molar refractivity (Wildman–Crippen MR) is 110 cm³/mol. The summed E-state index contributed by atoms with van der Waals surface area (Å²) in [6, 6.07) is 0. The van der Waals surface area contributed by atoms with E-state index in [9.17, 15) is 9.46 Å². The van der Waals surface area contributed by atoms with Crippen molar-refractivity contribution >= 4 is 7.82 Å². The molecule has 28 heavy (non-hydrogen) atoms. The maximum atomic E-state index is 11.4. The van der Waals surface area contributed by atoms with Gasteiger partial charge in [-0.15, -0.1) is 4.67 Å². The Hall–Kier alpha value is -0.0100. The largest absolute Gasteiger partial charge is 0.529 e. The summed E-state index contributed by atoms with van der Waals surface area (Å²) in [4.78, 5) is 18.7. The summed E-state index contributed by atoms with van der Waals surface area (Å²) in [6.07, 6.45) is 17.7. The highest BCUT2D eigenvalue weighted by Gasteiger charge is 2.26. The Morgan fingerprint density at radius 3 is 1.57 bits per heavy atom. The third-order valence-corrected chi connectivity index (χ3v) is 4.68. The minimum atomic E-state index is -4.44. The first-order valence-electron chi connectivity index (χ1n) is 10.9. The minimum Gasteiger partial charge on any atom is -0.299 e. The van der Waals surface area contributed by atoms with Gasteiger partial charge in [0.2, 0.25) is 0 Å². The van der Waals surface area contributed by atoms with Gasteiger partial charge in [0.15, 0.2) is 0 Å². The Balaban J connectivity index is 3.29. The summed E-state index contributed by atoms with van der Waals surface area (Å²) >= 11 is 0. The van der Waals surface area contributed by atoms with Crippen molar-refractivity contribution < 1.29 is 33.6 Å². The molecule has 0 rings (SSSR count). The van der Waals surface area contributed by atoms with Crippen molar-refractivity contribution in [2.24, 2.45) is 0 Å². The average molecular weight is 427 g/mol. The zero-order valence-corrected chi connectivity index (χ0v) is 19.3. The van der Waals surface area contributed by atoms with Gasteiger partial charge in [0.25, 0.3) is 0 Å². The lowest BCUT2D eigenvalue weighted by Gasteiger charge is -2.16. The van der Waals surface area contributed by atoms with Crippen LogP contribution in [-0.2, 0) is 28.7 Å². The molecule has 0 heterocycles. The third kappa shape index (κ3) is 22.3. The molecule has 0 aromatic rings. The van der Waals surface area contributed by atoms with Crippen molar-refractivity contribution in [3.8, 4) is 0 Å². The summed E-state index contributed by atoms with van der Waals surface area (Å²) in [5.74, 6) is 0. The molecule has 0 bridgehead atoms. The quantitative estimate of drug-likeness (QED) is 0.0954. The van der Waals surface area contributed by atoms with Gasteiger partial charge in [-0.25, -0.2) is 9.45 Å². The fraction of sp³-hybridized carbons (Fsp3) is 1.00. The second-order valence-electron chi connectivity index (χ2n) is 8.30. The highest BCUT2D eigenvalue weighted by atomic mass is 31.2. The Kier molecular flexibility index (Phi) is 17.8. The lowest BCUT2D eigenvalue weighted by molar-refractivity contribution is -0.506. The van der Waals surface area contributed by atoms with Crippen molar-refractivity contribution in [3.63, 3.8) is 0 Å². The second kappa shape index (κ2) is 17.8. The zero-order chi connectivity index (χ0) is 21.1. The van der Waals surface area contributed by atoms with Gasteiger partial charge in [0, 0.05) is 0 Å². The van der Waals surface area contributed by atoms with E-state index in [2.05, 4.69) is 21.3 Å². The summed E-state index contributed by atoms with van der Waals surface area (Å²) in [5.41, 5.74) is -0.672. The molecule has 170 valence electrons. The van der Waals surface area contributed by atoms with Crippen molar-refractivity contribution in [2.45, 2.75) is 123 Å². The standard InChI is InChI=1S/C20H43O7P/c1-5-6-7-8-9-10-11-12-13-14-15-16-17-18-19-23-26-28(21,22)27-25-24-20(2,3)4/h5-19H2,1-4H3,(H,21,22). The highest BCUT2D eigenvalue weighted by Crippen LogP contribution is 2.44. The maximum absolute atomic E-state index is 11.4. The Labute approximate surface area is 171 Å². The van der Waals surface area contributed by atoms with E-state index in [4.69, 9.17) is 9.78 Å². The molecule has 7 nitrogen and oxygen atoms in total. The molecule has 0 aromatic carbocycles. The predicted octanol–water partition coefficient (Wildman–Crippen LogP) is 7.19. The van der Waals surface area contributed by atoms with E-state index in [0.29, 0.717) is 0 Å².